The first-order valence-electron chi connectivity index (χ1n) is 9.22. The molecule has 0 unspecified atom stereocenters. The van der Waals surface area contributed by atoms with E-state index in [9.17, 15) is 4.79 Å². The van der Waals surface area contributed by atoms with Gasteiger partial charge in [-0.15, -0.1) is 0 Å². The van der Waals surface area contributed by atoms with Gasteiger partial charge in [0, 0.05) is 37.8 Å². The third-order valence-electron chi connectivity index (χ3n) is 4.34. The first-order chi connectivity index (χ1) is 11.8. The molecule has 0 radical (unpaired) electrons. The minimum absolute atomic E-state index is 0.273. The van der Waals surface area contributed by atoms with E-state index < -0.39 is 0 Å². The molecule has 1 aromatic carbocycles. The van der Waals surface area contributed by atoms with Gasteiger partial charge in [-0.3, -0.25) is 4.79 Å². The summed E-state index contributed by atoms with van der Waals surface area (Å²) in [5, 5.41) is 8.78. The largest absolute Gasteiger partial charge is 0.373 e. The fourth-order valence-electron chi connectivity index (χ4n) is 2.93. The number of benzene rings is 1. The molecule has 0 saturated carbocycles. The number of amides is 1. The van der Waals surface area contributed by atoms with Crippen LogP contribution in [-0.4, -0.2) is 44.2 Å². The molecule has 0 aliphatic carbocycles. The maximum Gasteiger partial charge on any atom is 0.271 e. The molecular formula is C19H30BN3O. The summed E-state index contributed by atoms with van der Waals surface area (Å²) in [4.78, 5) is 14.3. The van der Waals surface area contributed by atoms with E-state index in [1.165, 1.54) is 24.9 Å². The Morgan fingerprint density at radius 1 is 1.00 bits per heavy atom. The summed E-state index contributed by atoms with van der Waals surface area (Å²) >= 11 is 0. The Hall–Kier alpha value is -1.96. The summed E-state index contributed by atoms with van der Waals surface area (Å²) in [6, 6.07) is 10.4. The van der Waals surface area contributed by atoms with Crippen molar-refractivity contribution in [3.05, 3.63) is 30.3 Å². The molecule has 0 spiro atoms. The summed E-state index contributed by atoms with van der Waals surface area (Å²) in [7, 11) is 0. The molecule has 1 amide bonds. The Morgan fingerprint density at radius 3 is 2.04 bits per heavy atom. The summed E-state index contributed by atoms with van der Waals surface area (Å²) in [5.41, 5.74) is 1.28. The predicted molar refractivity (Wildman–Crippen MR) is 102 cm³/mol. The maximum atomic E-state index is 10.1. The fourth-order valence-corrected chi connectivity index (χ4v) is 2.93. The second-order valence-electron chi connectivity index (χ2n) is 5.93. The molecule has 0 atom stereocenters. The van der Waals surface area contributed by atoms with E-state index in [2.05, 4.69) is 35.1 Å². The Balaban J connectivity index is 0.000000245. The SMILES string of the molecule is CC.N#CB1CCN(c2ccccc2)CC1.O=CN1CCCCC1. The van der Waals surface area contributed by atoms with Crippen molar-refractivity contribution in [1.29, 1.82) is 5.26 Å². The lowest BCUT2D eigenvalue weighted by Gasteiger charge is -2.29. The van der Waals surface area contributed by atoms with Crippen LogP contribution in [0.1, 0.15) is 33.1 Å². The van der Waals surface area contributed by atoms with Gasteiger partial charge in [0.05, 0.1) is 0 Å². The number of carbonyl (C=O) groups is 1. The third-order valence-corrected chi connectivity index (χ3v) is 4.34. The van der Waals surface area contributed by atoms with Crippen LogP contribution in [-0.2, 0) is 4.79 Å². The zero-order chi connectivity index (χ0) is 17.6. The second kappa shape index (κ2) is 12.5. The number of para-hydroxylation sites is 1. The molecule has 24 heavy (non-hydrogen) atoms. The number of carbonyl (C=O) groups excluding carboxylic acids is 1. The van der Waals surface area contributed by atoms with Crippen molar-refractivity contribution in [1.82, 2.24) is 4.90 Å². The van der Waals surface area contributed by atoms with E-state index in [-0.39, 0.29) is 6.71 Å². The molecular weight excluding hydrogens is 297 g/mol. The van der Waals surface area contributed by atoms with E-state index in [4.69, 9.17) is 5.26 Å². The first kappa shape index (κ1) is 20.1. The van der Waals surface area contributed by atoms with Crippen LogP contribution in [0.4, 0.5) is 5.69 Å². The standard InChI is InChI=1S/C11H13BN2.C6H11NO.C2H6/c13-10-12-6-8-14(9-7-12)11-4-2-1-3-5-11;8-6-7-4-2-1-3-5-7;1-2/h1-5H,6-9H2;6H,1-5H2;1-2H3. The van der Waals surface area contributed by atoms with Crippen LogP contribution >= 0.6 is 0 Å². The lowest BCUT2D eigenvalue weighted by atomic mass is 9.45. The number of piperidine rings is 1. The van der Waals surface area contributed by atoms with E-state index in [0.29, 0.717) is 0 Å². The lowest BCUT2D eigenvalue weighted by Crippen LogP contribution is -2.36. The molecule has 2 saturated heterocycles. The number of likely N-dealkylation sites (tertiary alicyclic amines) is 1. The molecule has 1 aromatic rings. The quantitative estimate of drug-likeness (QED) is 0.614. The molecule has 130 valence electrons. The van der Waals surface area contributed by atoms with Gasteiger partial charge in [0.25, 0.3) is 6.71 Å². The molecule has 5 heteroatoms. The highest BCUT2D eigenvalue weighted by molar-refractivity contribution is 6.67. The van der Waals surface area contributed by atoms with Gasteiger partial charge < -0.3 is 9.80 Å². The number of nitrogens with zero attached hydrogens (tertiary/aromatic N) is 3. The van der Waals surface area contributed by atoms with Crippen molar-refractivity contribution in [2.45, 2.75) is 45.8 Å². The monoisotopic (exact) mass is 327 g/mol. The number of anilines is 1. The highest BCUT2D eigenvalue weighted by Gasteiger charge is 2.22. The van der Waals surface area contributed by atoms with E-state index in [1.807, 2.05) is 24.8 Å². The van der Waals surface area contributed by atoms with Crippen molar-refractivity contribution in [3.8, 4) is 5.97 Å². The van der Waals surface area contributed by atoms with Crippen molar-refractivity contribution < 1.29 is 4.79 Å². The lowest BCUT2D eigenvalue weighted by molar-refractivity contribution is -0.118. The zero-order valence-corrected chi connectivity index (χ0v) is 15.2. The smallest absolute Gasteiger partial charge is 0.271 e. The fraction of sp³-hybridized carbons (Fsp3) is 0.579. The molecule has 0 bridgehead atoms. The summed E-state index contributed by atoms with van der Waals surface area (Å²) in [5.74, 6) is 2.35. The van der Waals surface area contributed by atoms with Crippen molar-refractivity contribution >= 4 is 18.8 Å². The van der Waals surface area contributed by atoms with Crippen LogP contribution in [0.5, 0.6) is 0 Å². The Labute approximate surface area is 147 Å². The van der Waals surface area contributed by atoms with Gasteiger partial charge in [0.1, 0.15) is 0 Å². The van der Waals surface area contributed by atoms with E-state index >= 15 is 0 Å². The molecule has 3 rings (SSSR count). The first-order valence-corrected chi connectivity index (χ1v) is 9.22. The summed E-state index contributed by atoms with van der Waals surface area (Å²) in [6.45, 7) is 8.26. The van der Waals surface area contributed by atoms with E-state index in [1.54, 1.807) is 0 Å². The van der Waals surface area contributed by atoms with E-state index in [0.717, 1.165) is 45.2 Å². The topological polar surface area (TPSA) is 47.3 Å². The van der Waals surface area contributed by atoms with Crippen LogP contribution in [0.15, 0.2) is 30.3 Å². The summed E-state index contributed by atoms with van der Waals surface area (Å²) < 4.78 is 0. The maximum absolute atomic E-state index is 10.1. The van der Waals surface area contributed by atoms with Gasteiger partial charge in [-0.25, -0.2) is 5.26 Å². The van der Waals surface area contributed by atoms with Crippen LogP contribution in [0.25, 0.3) is 0 Å². The molecule has 2 fully saturated rings. The average molecular weight is 327 g/mol. The van der Waals surface area contributed by atoms with Crippen LogP contribution < -0.4 is 4.90 Å². The molecule has 0 N–H and O–H groups in total. The van der Waals surface area contributed by atoms with Crippen LogP contribution in [0.3, 0.4) is 0 Å². The number of hydrogen-bond donors (Lipinski definition) is 0. The number of nitriles is 1. The Kier molecular flexibility index (Phi) is 10.4. The normalized spacial score (nSPS) is 16.8. The minimum Gasteiger partial charge on any atom is -0.373 e. The minimum atomic E-state index is 0.273. The average Bonchev–Trinajstić information content (AvgIpc) is 2.71. The second-order valence-corrected chi connectivity index (χ2v) is 5.93. The highest BCUT2D eigenvalue weighted by Crippen LogP contribution is 2.19. The highest BCUT2D eigenvalue weighted by atomic mass is 16.1. The predicted octanol–water partition coefficient (Wildman–Crippen LogP) is 3.72. The van der Waals surface area contributed by atoms with Gasteiger partial charge >= 0.3 is 0 Å². The van der Waals surface area contributed by atoms with Crippen molar-refractivity contribution in [2.24, 2.45) is 0 Å². The van der Waals surface area contributed by atoms with Gasteiger partial charge in [-0.1, -0.05) is 32.0 Å². The van der Waals surface area contributed by atoms with Gasteiger partial charge in [-0.2, -0.15) is 0 Å². The Morgan fingerprint density at radius 2 is 1.58 bits per heavy atom. The molecule has 4 nitrogen and oxygen atoms in total. The van der Waals surface area contributed by atoms with Crippen LogP contribution in [0.2, 0.25) is 12.6 Å². The van der Waals surface area contributed by atoms with Gasteiger partial charge in [0.15, 0.2) is 0 Å². The number of hydrogen-bond acceptors (Lipinski definition) is 3. The van der Waals surface area contributed by atoms with Crippen molar-refractivity contribution in [3.63, 3.8) is 0 Å². The molecule has 0 aromatic heterocycles. The van der Waals surface area contributed by atoms with Gasteiger partial charge in [-0.05, 0) is 44.0 Å². The molecule has 2 aliphatic heterocycles. The molecule has 2 heterocycles. The zero-order valence-electron chi connectivity index (χ0n) is 15.2. The van der Waals surface area contributed by atoms with Gasteiger partial charge in [0.2, 0.25) is 6.41 Å². The van der Waals surface area contributed by atoms with Crippen LogP contribution in [0, 0.1) is 11.2 Å². The summed E-state index contributed by atoms with van der Waals surface area (Å²) in [6.07, 6.45) is 6.64. The number of rotatable bonds is 2. The molecule has 2 aliphatic rings. The van der Waals surface area contributed by atoms with Crippen molar-refractivity contribution in [2.75, 3.05) is 31.1 Å². The third kappa shape index (κ3) is 7.08. The Bertz CT molecular complexity index is 475.